The summed E-state index contributed by atoms with van der Waals surface area (Å²) in [5, 5.41) is 3.28. The number of hydrogen-bond acceptors (Lipinski definition) is 3. The summed E-state index contributed by atoms with van der Waals surface area (Å²) < 4.78 is 0. The summed E-state index contributed by atoms with van der Waals surface area (Å²) in [6, 6.07) is 0.102. The normalized spacial score (nSPS) is 26.2. The molecule has 0 bridgehead atoms. The summed E-state index contributed by atoms with van der Waals surface area (Å²) in [6.07, 6.45) is 2.14. The van der Waals surface area contributed by atoms with Gasteiger partial charge in [0.15, 0.2) is 0 Å². The highest BCUT2D eigenvalue weighted by Crippen LogP contribution is 2.20. The molecule has 2 heterocycles. The summed E-state index contributed by atoms with van der Waals surface area (Å²) in [7, 11) is 0. The van der Waals surface area contributed by atoms with Crippen molar-refractivity contribution in [2.75, 3.05) is 39.3 Å². The number of rotatable bonds is 3. The highest BCUT2D eigenvalue weighted by atomic mass is 16.2. The summed E-state index contributed by atoms with van der Waals surface area (Å²) in [5.74, 6) is 0.324. The molecule has 0 radical (unpaired) electrons. The van der Waals surface area contributed by atoms with Crippen molar-refractivity contribution >= 4 is 5.91 Å². The zero-order valence-electron chi connectivity index (χ0n) is 10.7. The van der Waals surface area contributed by atoms with Crippen LogP contribution in [0.3, 0.4) is 0 Å². The van der Waals surface area contributed by atoms with Gasteiger partial charge in [0.2, 0.25) is 5.91 Å². The predicted octanol–water partition coefficient (Wildman–Crippen LogP) is 0.459. The van der Waals surface area contributed by atoms with E-state index >= 15 is 0 Å². The Labute approximate surface area is 104 Å². The van der Waals surface area contributed by atoms with Crippen molar-refractivity contribution in [2.24, 2.45) is 0 Å². The van der Waals surface area contributed by atoms with Crippen LogP contribution in [0.1, 0.15) is 19.8 Å². The fourth-order valence-corrected chi connectivity index (χ4v) is 2.74. The largest absolute Gasteiger partial charge is 0.339 e. The van der Waals surface area contributed by atoms with Gasteiger partial charge in [0.05, 0.1) is 6.04 Å². The Bertz CT molecular complexity index is 297. The third kappa shape index (κ3) is 3.07. The average molecular weight is 237 g/mol. The molecule has 17 heavy (non-hydrogen) atoms. The highest BCUT2D eigenvalue weighted by Gasteiger charge is 2.33. The Balaban J connectivity index is 1.94. The molecule has 0 saturated carbocycles. The molecule has 1 unspecified atom stereocenters. The van der Waals surface area contributed by atoms with Crippen molar-refractivity contribution in [3.8, 4) is 0 Å². The lowest BCUT2D eigenvalue weighted by Crippen LogP contribution is -2.52. The van der Waals surface area contributed by atoms with E-state index in [2.05, 4.69) is 16.8 Å². The predicted molar refractivity (Wildman–Crippen MR) is 68.9 cm³/mol. The lowest BCUT2D eigenvalue weighted by Gasteiger charge is -2.33. The molecule has 0 aliphatic carbocycles. The number of carbonyl (C=O) groups is 1. The molecule has 0 spiro atoms. The monoisotopic (exact) mass is 237 g/mol. The van der Waals surface area contributed by atoms with Gasteiger partial charge in [0.25, 0.3) is 0 Å². The first kappa shape index (κ1) is 12.6. The Hall–Kier alpha value is -0.870. The Morgan fingerprint density at radius 1 is 1.35 bits per heavy atom. The fourth-order valence-electron chi connectivity index (χ4n) is 2.74. The van der Waals surface area contributed by atoms with Gasteiger partial charge in [-0.05, 0) is 26.3 Å². The van der Waals surface area contributed by atoms with E-state index in [-0.39, 0.29) is 6.04 Å². The van der Waals surface area contributed by atoms with Crippen LogP contribution in [-0.2, 0) is 4.79 Å². The number of carbonyl (C=O) groups excluding carboxylic acids is 1. The zero-order chi connectivity index (χ0) is 12.3. The molecule has 4 heteroatoms. The van der Waals surface area contributed by atoms with Crippen molar-refractivity contribution in [3.05, 3.63) is 12.2 Å². The maximum Gasteiger partial charge on any atom is 0.240 e. The van der Waals surface area contributed by atoms with Gasteiger partial charge in [-0.3, -0.25) is 9.69 Å². The zero-order valence-corrected chi connectivity index (χ0v) is 10.7. The second-order valence-electron chi connectivity index (χ2n) is 5.16. The molecule has 1 N–H and O–H groups in total. The molecular formula is C13H23N3O. The van der Waals surface area contributed by atoms with Gasteiger partial charge in [-0.25, -0.2) is 0 Å². The summed E-state index contributed by atoms with van der Waals surface area (Å²) in [6.45, 7) is 11.5. The second kappa shape index (κ2) is 5.65. The fraction of sp³-hybridized carbons (Fsp3) is 0.769. The molecule has 2 fully saturated rings. The summed E-state index contributed by atoms with van der Waals surface area (Å²) in [5.41, 5.74) is 1.14. The van der Waals surface area contributed by atoms with E-state index in [0.717, 1.165) is 57.7 Å². The van der Waals surface area contributed by atoms with Crippen molar-refractivity contribution < 1.29 is 4.79 Å². The third-order valence-electron chi connectivity index (χ3n) is 3.55. The molecule has 2 aliphatic rings. The van der Waals surface area contributed by atoms with E-state index in [0.29, 0.717) is 5.91 Å². The summed E-state index contributed by atoms with van der Waals surface area (Å²) >= 11 is 0. The quantitative estimate of drug-likeness (QED) is 0.724. The van der Waals surface area contributed by atoms with Gasteiger partial charge in [0.1, 0.15) is 0 Å². The minimum Gasteiger partial charge on any atom is -0.339 e. The van der Waals surface area contributed by atoms with Gasteiger partial charge in [-0.15, -0.1) is 0 Å². The molecule has 2 rings (SSSR count). The van der Waals surface area contributed by atoms with Crippen molar-refractivity contribution in [1.82, 2.24) is 15.1 Å². The Kier molecular flexibility index (Phi) is 4.18. The maximum atomic E-state index is 12.4. The van der Waals surface area contributed by atoms with Gasteiger partial charge in [-0.1, -0.05) is 12.2 Å². The van der Waals surface area contributed by atoms with Crippen LogP contribution in [0.5, 0.6) is 0 Å². The standard InChI is InChI=1S/C13H23N3O/c1-11(2)10-16-7-3-4-12(16)13(17)15-8-5-14-6-9-15/h12,14H,1,3-10H2,2H3. The lowest BCUT2D eigenvalue weighted by molar-refractivity contribution is -0.136. The Morgan fingerprint density at radius 2 is 2.06 bits per heavy atom. The van der Waals surface area contributed by atoms with Crippen molar-refractivity contribution in [1.29, 1.82) is 0 Å². The molecule has 1 atom stereocenters. The van der Waals surface area contributed by atoms with Gasteiger partial charge >= 0.3 is 0 Å². The van der Waals surface area contributed by atoms with Crippen LogP contribution in [-0.4, -0.2) is 61.0 Å². The van der Waals surface area contributed by atoms with Crippen molar-refractivity contribution in [3.63, 3.8) is 0 Å². The molecule has 0 aromatic rings. The number of amides is 1. The number of hydrogen-bond donors (Lipinski definition) is 1. The third-order valence-corrected chi connectivity index (χ3v) is 3.55. The highest BCUT2D eigenvalue weighted by molar-refractivity contribution is 5.82. The molecule has 0 aromatic carbocycles. The van der Waals surface area contributed by atoms with E-state index in [1.807, 2.05) is 11.8 Å². The van der Waals surface area contributed by atoms with Crippen LogP contribution in [0.15, 0.2) is 12.2 Å². The Morgan fingerprint density at radius 3 is 2.71 bits per heavy atom. The molecule has 0 aromatic heterocycles. The molecule has 1 amide bonds. The van der Waals surface area contributed by atoms with Crippen molar-refractivity contribution in [2.45, 2.75) is 25.8 Å². The van der Waals surface area contributed by atoms with Crippen LogP contribution in [0, 0.1) is 0 Å². The van der Waals surface area contributed by atoms with Gasteiger partial charge < -0.3 is 10.2 Å². The average Bonchev–Trinajstić information content (AvgIpc) is 2.76. The molecule has 4 nitrogen and oxygen atoms in total. The van der Waals surface area contributed by atoms with E-state index in [1.54, 1.807) is 0 Å². The number of likely N-dealkylation sites (tertiary alicyclic amines) is 1. The summed E-state index contributed by atoms with van der Waals surface area (Å²) in [4.78, 5) is 16.7. The van der Waals surface area contributed by atoms with E-state index in [9.17, 15) is 4.79 Å². The van der Waals surface area contributed by atoms with Crippen LogP contribution >= 0.6 is 0 Å². The smallest absolute Gasteiger partial charge is 0.240 e. The molecule has 2 aliphatic heterocycles. The second-order valence-corrected chi connectivity index (χ2v) is 5.16. The number of piperazine rings is 1. The van der Waals surface area contributed by atoms with Gasteiger partial charge in [-0.2, -0.15) is 0 Å². The lowest BCUT2D eigenvalue weighted by atomic mass is 10.1. The van der Waals surface area contributed by atoms with Crippen LogP contribution in [0.2, 0.25) is 0 Å². The van der Waals surface area contributed by atoms with Gasteiger partial charge in [0, 0.05) is 32.7 Å². The van der Waals surface area contributed by atoms with Crippen LogP contribution < -0.4 is 5.32 Å². The number of nitrogens with zero attached hydrogens (tertiary/aromatic N) is 2. The minimum atomic E-state index is 0.102. The first-order valence-corrected chi connectivity index (χ1v) is 6.56. The molecular weight excluding hydrogens is 214 g/mol. The van der Waals surface area contributed by atoms with Crippen LogP contribution in [0.4, 0.5) is 0 Å². The molecule has 2 saturated heterocycles. The number of nitrogens with one attached hydrogen (secondary N) is 1. The first-order chi connectivity index (χ1) is 8.18. The van der Waals surface area contributed by atoms with Crippen LogP contribution in [0.25, 0.3) is 0 Å². The maximum absolute atomic E-state index is 12.4. The topological polar surface area (TPSA) is 35.6 Å². The first-order valence-electron chi connectivity index (χ1n) is 6.56. The SMILES string of the molecule is C=C(C)CN1CCCC1C(=O)N1CCNCC1. The van der Waals surface area contributed by atoms with E-state index in [4.69, 9.17) is 0 Å². The van der Waals surface area contributed by atoms with E-state index < -0.39 is 0 Å². The minimum absolute atomic E-state index is 0.102. The van der Waals surface area contributed by atoms with E-state index in [1.165, 1.54) is 0 Å². The molecule has 96 valence electrons.